The summed E-state index contributed by atoms with van der Waals surface area (Å²) in [5, 5.41) is 2.32. The first-order valence-electron chi connectivity index (χ1n) is 10.2. The molecule has 0 atom stereocenters. The van der Waals surface area contributed by atoms with Crippen molar-refractivity contribution in [2.75, 3.05) is 11.9 Å². The average Bonchev–Trinajstić information content (AvgIpc) is 3.08. The zero-order valence-electron chi connectivity index (χ0n) is 17.7. The number of carbonyl (C=O) groups excluding carboxylic acids is 3. The highest BCUT2D eigenvalue weighted by atomic mass is 79.9. The van der Waals surface area contributed by atoms with E-state index in [1.54, 1.807) is 36.4 Å². The van der Waals surface area contributed by atoms with Gasteiger partial charge in [0.25, 0.3) is 17.1 Å². The molecule has 9 heteroatoms. The highest BCUT2D eigenvalue weighted by Gasteiger charge is 2.35. The summed E-state index contributed by atoms with van der Waals surface area (Å²) in [6.07, 6.45) is 1.56. The second-order valence-electron chi connectivity index (χ2n) is 7.28. The third kappa shape index (κ3) is 5.92. The van der Waals surface area contributed by atoms with E-state index in [1.807, 2.05) is 18.2 Å². The number of benzene rings is 3. The number of nitrogens with zero attached hydrogens (tertiary/aromatic N) is 1. The molecular weight excluding hydrogens is 523 g/mol. The third-order valence-electron chi connectivity index (χ3n) is 4.80. The molecule has 3 amide bonds. The molecule has 0 unspecified atom stereocenters. The van der Waals surface area contributed by atoms with Crippen molar-refractivity contribution in [2.45, 2.75) is 6.54 Å². The van der Waals surface area contributed by atoms with Gasteiger partial charge in [0.05, 0.1) is 11.4 Å². The number of imide groups is 1. The molecule has 1 heterocycles. The van der Waals surface area contributed by atoms with Gasteiger partial charge in [0.15, 0.2) is 6.61 Å². The van der Waals surface area contributed by atoms with Crippen LogP contribution in [0.25, 0.3) is 6.08 Å². The fraction of sp³-hybridized carbons (Fsp3) is 0.0800. The summed E-state index contributed by atoms with van der Waals surface area (Å²) in [4.78, 5) is 38.9. The van der Waals surface area contributed by atoms with Crippen molar-refractivity contribution in [1.29, 1.82) is 0 Å². The fourth-order valence-corrected chi connectivity index (χ4v) is 4.38. The predicted octanol–water partition coefficient (Wildman–Crippen LogP) is 5.84. The Kier molecular flexibility index (Phi) is 7.44. The normalized spacial score (nSPS) is 14.5. The number of hydrogen-bond acceptors (Lipinski definition) is 5. The molecule has 3 aromatic carbocycles. The highest BCUT2D eigenvalue weighted by molar-refractivity contribution is 9.10. The number of thioether (sulfide) groups is 1. The van der Waals surface area contributed by atoms with Gasteiger partial charge in [-0.1, -0.05) is 46.3 Å². The van der Waals surface area contributed by atoms with E-state index in [2.05, 4.69) is 21.2 Å². The van der Waals surface area contributed by atoms with Gasteiger partial charge in [-0.25, -0.2) is 4.39 Å². The number of amides is 3. The first-order valence-corrected chi connectivity index (χ1v) is 11.8. The molecule has 172 valence electrons. The molecule has 0 bridgehead atoms. The van der Waals surface area contributed by atoms with Gasteiger partial charge in [0.2, 0.25) is 0 Å². The zero-order chi connectivity index (χ0) is 24.1. The van der Waals surface area contributed by atoms with Crippen molar-refractivity contribution in [3.05, 3.63) is 99.1 Å². The summed E-state index contributed by atoms with van der Waals surface area (Å²) in [5.41, 5.74) is 1.83. The lowest BCUT2D eigenvalue weighted by Gasteiger charge is -2.12. The van der Waals surface area contributed by atoms with Crippen LogP contribution >= 0.6 is 27.7 Å². The monoisotopic (exact) mass is 540 g/mol. The van der Waals surface area contributed by atoms with E-state index < -0.39 is 17.0 Å². The maximum atomic E-state index is 13.1. The predicted molar refractivity (Wildman–Crippen MR) is 133 cm³/mol. The lowest BCUT2D eigenvalue weighted by Crippen LogP contribution is -2.27. The largest absolute Gasteiger partial charge is 0.483 e. The van der Waals surface area contributed by atoms with Crippen molar-refractivity contribution in [3.63, 3.8) is 0 Å². The zero-order valence-corrected chi connectivity index (χ0v) is 20.1. The minimum Gasteiger partial charge on any atom is -0.483 e. The van der Waals surface area contributed by atoms with Gasteiger partial charge in [-0.2, -0.15) is 0 Å². The maximum absolute atomic E-state index is 13.1. The van der Waals surface area contributed by atoms with Gasteiger partial charge < -0.3 is 10.1 Å². The van der Waals surface area contributed by atoms with Gasteiger partial charge in [-0.3, -0.25) is 19.3 Å². The first kappa shape index (κ1) is 23.7. The van der Waals surface area contributed by atoms with Gasteiger partial charge in [0, 0.05) is 15.7 Å². The van der Waals surface area contributed by atoms with Crippen LogP contribution in [0.5, 0.6) is 5.75 Å². The van der Waals surface area contributed by atoms with Crippen LogP contribution in [0.4, 0.5) is 14.9 Å². The van der Waals surface area contributed by atoms with Crippen molar-refractivity contribution in [3.8, 4) is 5.75 Å². The van der Waals surface area contributed by atoms with E-state index in [9.17, 15) is 18.8 Å². The number of rotatable bonds is 7. The number of ether oxygens (including phenoxy) is 1. The molecule has 1 aliphatic heterocycles. The van der Waals surface area contributed by atoms with Crippen molar-refractivity contribution >= 4 is 56.5 Å². The average molecular weight is 541 g/mol. The van der Waals surface area contributed by atoms with Crippen molar-refractivity contribution < 1.29 is 23.5 Å². The Morgan fingerprint density at radius 1 is 1.06 bits per heavy atom. The molecule has 34 heavy (non-hydrogen) atoms. The van der Waals surface area contributed by atoms with Crippen LogP contribution < -0.4 is 10.1 Å². The Balaban J connectivity index is 1.48. The number of carbonyl (C=O) groups is 3. The molecule has 4 rings (SSSR count). The van der Waals surface area contributed by atoms with Gasteiger partial charge in [0.1, 0.15) is 11.6 Å². The second kappa shape index (κ2) is 10.7. The van der Waals surface area contributed by atoms with Crippen LogP contribution in [0.15, 0.2) is 82.2 Å². The van der Waals surface area contributed by atoms with Crippen LogP contribution in [0.1, 0.15) is 11.1 Å². The van der Waals surface area contributed by atoms with Crippen LogP contribution in [-0.2, 0) is 16.1 Å². The number of para-hydroxylation sites is 1. The summed E-state index contributed by atoms with van der Waals surface area (Å²) in [7, 11) is 0. The maximum Gasteiger partial charge on any atom is 0.293 e. The van der Waals surface area contributed by atoms with E-state index in [0.29, 0.717) is 22.6 Å². The Morgan fingerprint density at radius 3 is 2.53 bits per heavy atom. The second-order valence-corrected chi connectivity index (χ2v) is 9.19. The Labute approximate surface area is 207 Å². The third-order valence-corrected chi connectivity index (χ3v) is 6.20. The molecule has 1 aliphatic rings. The number of nitrogens with one attached hydrogen (secondary N) is 1. The molecule has 0 saturated carbocycles. The standard InChI is InChI=1S/C25H18BrFN2O4S/c26-18-8-11-21(33-15-23(30)28-20-4-2-1-3-5-20)17(12-18)13-22-24(31)29(25(32)34-22)14-16-6-9-19(27)10-7-16/h1-13H,14-15H2,(H,28,30)/b22-13-. The van der Waals surface area contributed by atoms with Crippen molar-refractivity contribution in [2.24, 2.45) is 0 Å². The summed E-state index contributed by atoms with van der Waals surface area (Å²) < 4.78 is 19.6. The quantitative estimate of drug-likeness (QED) is 0.381. The summed E-state index contributed by atoms with van der Waals surface area (Å²) in [5.74, 6) is -0.791. The Morgan fingerprint density at radius 2 is 1.79 bits per heavy atom. The van der Waals surface area contributed by atoms with Crippen LogP contribution in [0, 0.1) is 5.82 Å². The topological polar surface area (TPSA) is 75.7 Å². The Bertz CT molecular complexity index is 1270. The summed E-state index contributed by atoms with van der Waals surface area (Å²) >= 11 is 4.21. The molecule has 0 radical (unpaired) electrons. The van der Waals surface area contributed by atoms with Crippen LogP contribution in [0.2, 0.25) is 0 Å². The summed E-state index contributed by atoms with van der Waals surface area (Å²) in [6, 6.07) is 19.8. The van der Waals surface area contributed by atoms with Gasteiger partial charge in [-0.15, -0.1) is 0 Å². The summed E-state index contributed by atoms with van der Waals surface area (Å²) in [6.45, 7) is -0.187. The lowest BCUT2D eigenvalue weighted by atomic mass is 10.1. The van der Waals surface area contributed by atoms with Gasteiger partial charge >= 0.3 is 0 Å². The molecule has 0 aromatic heterocycles. The van der Waals surface area contributed by atoms with E-state index in [-0.39, 0.29) is 24.0 Å². The minimum absolute atomic E-state index is 0.0454. The van der Waals surface area contributed by atoms with Crippen molar-refractivity contribution in [1.82, 2.24) is 4.90 Å². The van der Waals surface area contributed by atoms with Crippen LogP contribution in [0.3, 0.4) is 0 Å². The van der Waals surface area contributed by atoms with Crippen LogP contribution in [-0.4, -0.2) is 28.6 Å². The highest BCUT2D eigenvalue weighted by Crippen LogP contribution is 2.35. The first-order chi connectivity index (χ1) is 16.4. The molecule has 0 spiro atoms. The SMILES string of the molecule is O=C(COc1ccc(Br)cc1/C=C1\SC(=O)N(Cc2ccc(F)cc2)C1=O)Nc1ccccc1. The fourth-order valence-electron chi connectivity index (χ4n) is 3.18. The van der Waals surface area contributed by atoms with Gasteiger partial charge in [-0.05, 0) is 65.9 Å². The molecule has 0 aliphatic carbocycles. The smallest absolute Gasteiger partial charge is 0.293 e. The molecule has 1 fully saturated rings. The van der Waals surface area contributed by atoms with E-state index in [4.69, 9.17) is 4.74 Å². The number of halogens is 2. The molecular formula is C25H18BrFN2O4S. The molecule has 1 N–H and O–H groups in total. The van der Waals surface area contributed by atoms with E-state index in [0.717, 1.165) is 21.1 Å². The molecule has 3 aromatic rings. The Hall–Kier alpha value is -3.43. The van der Waals surface area contributed by atoms with E-state index in [1.165, 1.54) is 24.3 Å². The molecule has 6 nitrogen and oxygen atoms in total. The minimum atomic E-state index is -0.452. The number of anilines is 1. The van der Waals surface area contributed by atoms with E-state index >= 15 is 0 Å². The number of hydrogen-bond donors (Lipinski definition) is 1. The lowest BCUT2D eigenvalue weighted by molar-refractivity contribution is -0.123. The molecule has 1 saturated heterocycles.